The Morgan fingerprint density at radius 1 is 0.926 bits per heavy atom. The Bertz CT molecular complexity index is 874. The fourth-order valence-electron chi connectivity index (χ4n) is 1.93. The van der Waals surface area contributed by atoms with Gasteiger partial charge in [-0.1, -0.05) is 18.2 Å². The maximum atomic E-state index is 13.5. The van der Waals surface area contributed by atoms with Gasteiger partial charge in [-0.15, -0.1) is 0 Å². The van der Waals surface area contributed by atoms with E-state index in [0.717, 1.165) is 0 Å². The minimum absolute atomic E-state index is 0.278. The molecular formula is C17H12F5N3O2. The zero-order valence-electron chi connectivity index (χ0n) is 13.7. The molecular weight excluding hydrogens is 373 g/mol. The molecule has 0 heterocycles. The summed E-state index contributed by atoms with van der Waals surface area (Å²) in [5, 5.41) is 5.52. The van der Waals surface area contributed by atoms with Gasteiger partial charge in [0.1, 0.15) is 6.04 Å². The van der Waals surface area contributed by atoms with Crippen molar-refractivity contribution in [1.82, 2.24) is 10.7 Å². The summed E-state index contributed by atoms with van der Waals surface area (Å²) in [5.74, 6) is -12.2. The lowest BCUT2D eigenvalue weighted by Crippen LogP contribution is -2.43. The van der Waals surface area contributed by atoms with Gasteiger partial charge in [0.05, 0.1) is 11.8 Å². The van der Waals surface area contributed by atoms with Gasteiger partial charge < -0.3 is 5.32 Å². The summed E-state index contributed by atoms with van der Waals surface area (Å²) in [6, 6.07) is 6.87. The van der Waals surface area contributed by atoms with Crippen molar-refractivity contribution in [3.05, 3.63) is 70.5 Å². The summed E-state index contributed by atoms with van der Waals surface area (Å²) in [5.41, 5.74) is 0.821. The molecule has 0 aromatic heterocycles. The first-order chi connectivity index (χ1) is 12.7. The van der Waals surface area contributed by atoms with E-state index in [4.69, 9.17) is 0 Å². The number of carbonyl (C=O) groups is 2. The SMILES string of the molecule is C[C@H](NC(=O)c1ccccc1)C(=O)NN=Cc1c(F)c(F)c(F)c(F)c1F. The van der Waals surface area contributed by atoms with E-state index < -0.39 is 52.5 Å². The maximum absolute atomic E-state index is 13.5. The lowest BCUT2D eigenvalue weighted by molar-refractivity contribution is -0.122. The van der Waals surface area contributed by atoms with Crippen LogP contribution in [0.5, 0.6) is 0 Å². The Hall–Kier alpha value is -3.30. The summed E-state index contributed by atoms with van der Waals surface area (Å²) in [4.78, 5) is 23.7. The van der Waals surface area contributed by atoms with E-state index in [-0.39, 0.29) is 6.21 Å². The van der Waals surface area contributed by atoms with E-state index in [2.05, 4.69) is 10.4 Å². The Kier molecular flexibility index (Phi) is 6.22. The van der Waals surface area contributed by atoms with Crippen LogP contribution in [0.3, 0.4) is 0 Å². The van der Waals surface area contributed by atoms with Gasteiger partial charge in [0.15, 0.2) is 23.3 Å². The third kappa shape index (κ3) is 4.46. The van der Waals surface area contributed by atoms with Crippen molar-refractivity contribution < 1.29 is 31.5 Å². The van der Waals surface area contributed by atoms with Gasteiger partial charge in [-0.3, -0.25) is 9.59 Å². The molecule has 0 saturated carbocycles. The number of hydrazone groups is 1. The summed E-state index contributed by atoms with van der Waals surface area (Å²) in [6.07, 6.45) is 0.278. The molecule has 0 unspecified atom stereocenters. The van der Waals surface area contributed by atoms with Crippen molar-refractivity contribution in [2.24, 2.45) is 5.10 Å². The molecule has 27 heavy (non-hydrogen) atoms. The van der Waals surface area contributed by atoms with Gasteiger partial charge in [0.2, 0.25) is 5.82 Å². The summed E-state index contributed by atoms with van der Waals surface area (Å²) in [7, 11) is 0. The zero-order valence-corrected chi connectivity index (χ0v) is 13.7. The predicted molar refractivity (Wildman–Crippen MR) is 85.3 cm³/mol. The third-order valence-corrected chi connectivity index (χ3v) is 3.39. The summed E-state index contributed by atoms with van der Waals surface area (Å²) >= 11 is 0. The zero-order chi connectivity index (χ0) is 20.1. The minimum Gasteiger partial charge on any atom is -0.340 e. The molecule has 0 spiro atoms. The van der Waals surface area contributed by atoms with Gasteiger partial charge in [0, 0.05) is 5.56 Å². The molecule has 2 amide bonds. The Labute approximate surface area is 149 Å². The van der Waals surface area contributed by atoms with Gasteiger partial charge in [-0.05, 0) is 19.1 Å². The van der Waals surface area contributed by atoms with Crippen molar-refractivity contribution in [2.45, 2.75) is 13.0 Å². The molecule has 0 saturated heterocycles. The van der Waals surface area contributed by atoms with Crippen molar-refractivity contribution >= 4 is 18.0 Å². The first-order valence-corrected chi connectivity index (χ1v) is 7.44. The molecule has 0 aliphatic heterocycles. The highest BCUT2D eigenvalue weighted by Gasteiger charge is 2.24. The fraction of sp³-hybridized carbons (Fsp3) is 0.118. The molecule has 2 rings (SSSR count). The van der Waals surface area contributed by atoms with E-state index in [1.54, 1.807) is 18.2 Å². The van der Waals surface area contributed by atoms with Crippen LogP contribution < -0.4 is 10.7 Å². The van der Waals surface area contributed by atoms with E-state index in [1.165, 1.54) is 19.1 Å². The molecule has 2 N–H and O–H groups in total. The first kappa shape index (κ1) is 20.0. The highest BCUT2D eigenvalue weighted by Crippen LogP contribution is 2.21. The normalized spacial score (nSPS) is 12.1. The highest BCUT2D eigenvalue weighted by atomic mass is 19.2. The Morgan fingerprint density at radius 3 is 2.00 bits per heavy atom. The maximum Gasteiger partial charge on any atom is 0.262 e. The minimum atomic E-state index is -2.30. The molecule has 0 aliphatic carbocycles. The highest BCUT2D eigenvalue weighted by molar-refractivity contribution is 5.97. The molecule has 1 atom stereocenters. The van der Waals surface area contributed by atoms with E-state index in [1.807, 2.05) is 5.43 Å². The number of rotatable bonds is 5. The van der Waals surface area contributed by atoms with E-state index >= 15 is 0 Å². The topological polar surface area (TPSA) is 70.6 Å². The van der Waals surface area contributed by atoms with Crippen LogP contribution in [-0.2, 0) is 4.79 Å². The number of hydrogen-bond acceptors (Lipinski definition) is 3. The molecule has 0 fully saturated rings. The van der Waals surface area contributed by atoms with Crippen molar-refractivity contribution in [3.63, 3.8) is 0 Å². The van der Waals surface area contributed by atoms with Crippen molar-refractivity contribution in [1.29, 1.82) is 0 Å². The number of amides is 2. The molecule has 2 aromatic rings. The van der Waals surface area contributed by atoms with E-state index in [9.17, 15) is 31.5 Å². The van der Waals surface area contributed by atoms with Gasteiger partial charge >= 0.3 is 0 Å². The second-order valence-corrected chi connectivity index (χ2v) is 5.28. The molecule has 142 valence electrons. The standard InChI is InChI=1S/C17H12F5N3O2/c1-8(24-17(27)9-5-3-2-4-6-9)16(26)25-23-7-10-11(18)13(20)15(22)14(21)12(10)19/h2-8H,1H3,(H,24,27)(H,25,26)/t8-/m0/s1. The lowest BCUT2D eigenvalue weighted by Gasteiger charge is -2.12. The summed E-state index contributed by atoms with van der Waals surface area (Å²) in [6.45, 7) is 1.31. The van der Waals surface area contributed by atoms with Crippen molar-refractivity contribution in [3.8, 4) is 0 Å². The third-order valence-electron chi connectivity index (χ3n) is 3.39. The second-order valence-electron chi connectivity index (χ2n) is 5.28. The molecule has 5 nitrogen and oxygen atoms in total. The van der Waals surface area contributed by atoms with Crippen LogP contribution in [0, 0.1) is 29.1 Å². The number of halogens is 5. The van der Waals surface area contributed by atoms with Crippen LogP contribution >= 0.6 is 0 Å². The summed E-state index contributed by atoms with van der Waals surface area (Å²) < 4.78 is 66.0. The van der Waals surface area contributed by atoms with Crippen LogP contribution in [0.1, 0.15) is 22.8 Å². The van der Waals surface area contributed by atoms with Gasteiger partial charge in [-0.25, -0.2) is 27.4 Å². The van der Waals surface area contributed by atoms with Crippen LogP contribution in [0.2, 0.25) is 0 Å². The molecule has 10 heteroatoms. The average molecular weight is 385 g/mol. The molecule has 0 bridgehead atoms. The first-order valence-electron chi connectivity index (χ1n) is 7.44. The van der Waals surface area contributed by atoms with Crippen LogP contribution in [0.15, 0.2) is 35.4 Å². The second kappa shape index (κ2) is 8.39. The fourth-order valence-corrected chi connectivity index (χ4v) is 1.93. The number of hydrogen-bond donors (Lipinski definition) is 2. The number of benzene rings is 2. The lowest BCUT2D eigenvalue weighted by atomic mass is 10.2. The van der Waals surface area contributed by atoms with Crippen molar-refractivity contribution in [2.75, 3.05) is 0 Å². The monoisotopic (exact) mass is 385 g/mol. The van der Waals surface area contributed by atoms with Gasteiger partial charge in [-0.2, -0.15) is 5.10 Å². The van der Waals surface area contributed by atoms with E-state index in [0.29, 0.717) is 5.56 Å². The quantitative estimate of drug-likeness (QED) is 0.273. The number of carbonyl (C=O) groups excluding carboxylic acids is 2. The van der Waals surface area contributed by atoms with Crippen LogP contribution in [0.25, 0.3) is 0 Å². The average Bonchev–Trinajstić information content (AvgIpc) is 2.67. The Balaban J connectivity index is 2.04. The largest absolute Gasteiger partial charge is 0.340 e. The number of nitrogens with one attached hydrogen (secondary N) is 2. The molecule has 0 aliphatic rings. The van der Waals surface area contributed by atoms with Crippen LogP contribution in [0.4, 0.5) is 22.0 Å². The predicted octanol–water partition coefficient (Wildman–Crippen LogP) is 2.65. The number of nitrogens with zero attached hydrogens (tertiary/aromatic N) is 1. The van der Waals surface area contributed by atoms with Crippen LogP contribution in [-0.4, -0.2) is 24.1 Å². The molecule has 0 radical (unpaired) electrons. The Morgan fingerprint density at radius 2 is 1.44 bits per heavy atom. The van der Waals surface area contributed by atoms with Gasteiger partial charge in [0.25, 0.3) is 11.8 Å². The smallest absolute Gasteiger partial charge is 0.262 e. The molecule has 2 aromatic carbocycles.